The van der Waals surface area contributed by atoms with Crippen molar-refractivity contribution in [1.29, 1.82) is 0 Å². The molecule has 1 aliphatic rings. The summed E-state index contributed by atoms with van der Waals surface area (Å²) in [6, 6.07) is 5.23. The Morgan fingerprint density at radius 1 is 1.33 bits per heavy atom. The Morgan fingerprint density at radius 2 is 2.11 bits per heavy atom. The number of nitrogens with one attached hydrogen (secondary N) is 1. The predicted molar refractivity (Wildman–Crippen MR) is 74.2 cm³/mol. The van der Waals surface area contributed by atoms with Crippen molar-refractivity contribution < 1.29 is 4.39 Å². The van der Waals surface area contributed by atoms with Crippen molar-refractivity contribution >= 4 is 11.6 Å². The van der Waals surface area contributed by atoms with E-state index in [4.69, 9.17) is 11.6 Å². The molecule has 0 amide bonds. The molecule has 100 valence electrons. The normalized spacial score (nSPS) is 28.3. The van der Waals surface area contributed by atoms with Crippen molar-refractivity contribution in [3.05, 3.63) is 34.6 Å². The maximum absolute atomic E-state index is 13.6. The minimum Gasteiger partial charge on any atom is -0.310 e. The summed E-state index contributed by atoms with van der Waals surface area (Å²) in [6.45, 7) is 5.16. The summed E-state index contributed by atoms with van der Waals surface area (Å²) in [5.74, 6) is 1.23. The van der Waals surface area contributed by atoms with Crippen LogP contribution >= 0.6 is 11.6 Å². The molecule has 1 aliphatic carbocycles. The molecule has 1 fully saturated rings. The van der Waals surface area contributed by atoms with Crippen molar-refractivity contribution in [2.45, 2.75) is 45.7 Å². The topological polar surface area (TPSA) is 12.0 Å². The van der Waals surface area contributed by atoms with Crippen molar-refractivity contribution in [1.82, 2.24) is 5.32 Å². The summed E-state index contributed by atoms with van der Waals surface area (Å²) in [6.07, 6.45) is 3.76. The van der Waals surface area contributed by atoms with Gasteiger partial charge in [0.25, 0.3) is 0 Å². The third-order valence-corrected chi connectivity index (χ3v) is 4.50. The van der Waals surface area contributed by atoms with Gasteiger partial charge in [-0.25, -0.2) is 4.39 Å². The maximum Gasteiger partial charge on any atom is 0.127 e. The molecule has 1 nitrogen and oxygen atoms in total. The highest BCUT2D eigenvalue weighted by Crippen LogP contribution is 2.29. The maximum atomic E-state index is 13.6. The van der Waals surface area contributed by atoms with Crippen LogP contribution in [0.1, 0.15) is 38.7 Å². The van der Waals surface area contributed by atoms with E-state index < -0.39 is 0 Å². The fourth-order valence-corrected chi connectivity index (χ4v) is 2.98. The Bertz CT molecular complexity index is 407. The van der Waals surface area contributed by atoms with Gasteiger partial charge in [-0.1, -0.05) is 38.3 Å². The highest BCUT2D eigenvalue weighted by molar-refractivity contribution is 6.30. The van der Waals surface area contributed by atoms with Gasteiger partial charge in [-0.05, 0) is 36.5 Å². The summed E-state index contributed by atoms with van der Waals surface area (Å²) >= 11 is 5.90. The average Bonchev–Trinajstić information content (AvgIpc) is 2.35. The van der Waals surface area contributed by atoms with Gasteiger partial charge >= 0.3 is 0 Å². The summed E-state index contributed by atoms with van der Waals surface area (Å²) in [4.78, 5) is 0. The third-order valence-electron chi connectivity index (χ3n) is 4.27. The van der Waals surface area contributed by atoms with Crippen LogP contribution < -0.4 is 5.32 Å². The van der Waals surface area contributed by atoms with E-state index in [1.54, 1.807) is 12.1 Å². The quantitative estimate of drug-likeness (QED) is 0.858. The monoisotopic (exact) mass is 269 g/mol. The second-order valence-corrected chi connectivity index (χ2v) is 5.93. The van der Waals surface area contributed by atoms with Crippen molar-refractivity contribution in [2.75, 3.05) is 0 Å². The van der Waals surface area contributed by atoms with Gasteiger partial charge in [0.05, 0.1) is 0 Å². The van der Waals surface area contributed by atoms with E-state index in [0.29, 0.717) is 29.1 Å². The van der Waals surface area contributed by atoms with E-state index in [1.807, 2.05) is 0 Å². The molecule has 0 bridgehead atoms. The molecule has 0 saturated heterocycles. The Labute approximate surface area is 114 Å². The molecule has 18 heavy (non-hydrogen) atoms. The van der Waals surface area contributed by atoms with Crippen LogP contribution in [0, 0.1) is 17.7 Å². The first kappa shape index (κ1) is 13.8. The fraction of sp³-hybridized carbons (Fsp3) is 0.600. The molecule has 0 radical (unpaired) electrons. The minimum atomic E-state index is -0.177. The largest absolute Gasteiger partial charge is 0.310 e. The molecule has 3 heteroatoms. The third kappa shape index (κ3) is 3.24. The predicted octanol–water partition coefficient (Wildman–Crippen LogP) is 4.39. The Kier molecular flexibility index (Phi) is 4.63. The standard InChI is InChI=1S/C15H21ClFN/c1-10-4-3-5-15(11(10)2)18-9-12-8-13(16)6-7-14(12)17/h6-8,10-11,15,18H,3-5,9H2,1-2H3. The molecule has 1 saturated carbocycles. The van der Waals surface area contributed by atoms with Crippen molar-refractivity contribution in [3.8, 4) is 0 Å². The van der Waals surface area contributed by atoms with E-state index in [9.17, 15) is 4.39 Å². The first-order valence-corrected chi connectivity index (χ1v) is 7.13. The van der Waals surface area contributed by atoms with E-state index >= 15 is 0 Å². The molecule has 1 aromatic rings. The lowest BCUT2D eigenvalue weighted by Gasteiger charge is -2.34. The van der Waals surface area contributed by atoms with E-state index in [-0.39, 0.29) is 5.82 Å². The van der Waals surface area contributed by atoms with E-state index in [0.717, 1.165) is 5.92 Å². The number of rotatable bonds is 3. The Balaban J connectivity index is 1.96. The van der Waals surface area contributed by atoms with Gasteiger partial charge in [0.15, 0.2) is 0 Å². The lowest BCUT2D eigenvalue weighted by molar-refractivity contribution is 0.205. The Morgan fingerprint density at radius 3 is 2.89 bits per heavy atom. The summed E-state index contributed by atoms with van der Waals surface area (Å²) in [5, 5.41) is 4.08. The van der Waals surface area contributed by atoms with Gasteiger partial charge in [0.2, 0.25) is 0 Å². The SMILES string of the molecule is CC1CCCC(NCc2cc(Cl)ccc2F)C1C. The molecule has 0 spiro atoms. The van der Waals surface area contributed by atoms with Crippen LogP contribution in [0.3, 0.4) is 0 Å². The van der Waals surface area contributed by atoms with Gasteiger partial charge in [0.1, 0.15) is 5.82 Å². The van der Waals surface area contributed by atoms with Gasteiger partial charge in [0, 0.05) is 23.2 Å². The van der Waals surface area contributed by atoms with Crippen LogP contribution in [0.2, 0.25) is 5.02 Å². The zero-order valence-corrected chi connectivity index (χ0v) is 11.8. The summed E-state index contributed by atoms with van der Waals surface area (Å²) in [7, 11) is 0. The number of hydrogen-bond acceptors (Lipinski definition) is 1. The first-order valence-electron chi connectivity index (χ1n) is 6.75. The average molecular weight is 270 g/mol. The first-order chi connectivity index (χ1) is 8.58. The molecule has 1 aromatic carbocycles. The van der Waals surface area contributed by atoms with E-state index in [2.05, 4.69) is 19.2 Å². The van der Waals surface area contributed by atoms with Gasteiger partial charge in [-0.2, -0.15) is 0 Å². The van der Waals surface area contributed by atoms with Gasteiger partial charge < -0.3 is 5.32 Å². The highest BCUT2D eigenvalue weighted by atomic mass is 35.5. The fourth-order valence-electron chi connectivity index (χ4n) is 2.79. The zero-order valence-electron chi connectivity index (χ0n) is 11.0. The van der Waals surface area contributed by atoms with Crippen LogP contribution in [0.5, 0.6) is 0 Å². The van der Waals surface area contributed by atoms with Crippen LogP contribution in [-0.2, 0) is 6.54 Å². The second-order valence-electron chi connectivity index (χ2n) is 5.49. The van der Waals surface area contributed by atoms with Crippen LogP contribution in [0.4, 0.5) is 4.39 Å². The summed E-state index contributed by atoms with van der Waals surface area (Å²) < 4.78 is 13.6. The van der Waals surface area contributed by atoms with Gasteiger partial charge in [-0.15, -0.1) is 0 Å². The smallest absolute Gasteiger partial charge is 0.127 e. The molecule has 3 unspecified atom stereocenters. The number of halogens is 2. The van der Waals surface area contributed by atoms with Crippen LogP contribution in [0.25, 0.3) is 0 Å². The molecular weight excluding hydrogens is 249 g/mol. The summed E-state index contributed by atoms with van der Waals surface area (Å²) in [5.41, 5.74) is 0.660. The van der Waals surface area contributed by atoms with Crippen molar-refractivity contribution in [3.63, 3.8) is 0 Å². The molecule has 0 aromatic heterocycles. The molecule has 1 N–H and O–H groups in total. The van der Waals surface area contributed by atoms with Crippen molar-refractivity contribution in [2.24, 2.45) is 11.8 Å². The van der Waals surface area contributed by atoms with Crippen LogP contribution in [-0.4, -0.2) is 6.04 Å². The number of hydrogen-bond donors (Lipinski definition) is 1. The number of benzene rings is 1. The molecule has 3 atom stereocenters. The minimum absolute atomic E-state index is 0.177. The van der Waals surface area contributed by atoms with Crippen LogP contribution in [0.15, 0.2) is 18.2 Å². The second kappa shape index (κ2) is 6.03. The molecule has 2 rings (SSSR count). The molecule has 0 heterocycles. The highest BCUT2D eigenvalue weighted by Gasteiger charge is 2.26. The molecule has 0 aliphatic heterocycles. The Hall–Kier alpha value is -0.600. The zero-order chi connectivity index (χ0) is 13.1. The lowest BCUT2D eigenvalue weighted by Crippen LogP contribution is -2.40. The van der Waals surface area contributed by atoms with Gasteiger partial charge in [-0.3, -0.25) is 0 Å². The molecular formula is C15H21ClFN. The van der Waals surface area contributed by atoms with E-state index in [1.165, 1.54) is 25.3 Å². The lowest BCUT2D eigenvalue weighted by atomic mass is 9.78.